The zero-order valence-electron chi connectivity index (χ0n) is 19.4. The summed E-state index contributed by atoms with van der Waals surface area (Å²) in [5, 5.41) is 4.75. The van der Waals surface area contributed by atoms with Crippen molar-refractivity contribution >= 4 is 12.2 Å². The first-order valence-corrected chi connectivity index (χ1v) is 11.5. The number of aromatic nitrogens is 5. The van der Waals surface area contributed by atoms with Crippen LogP contribution in [0, 0.1) is 13.8 Å². The zero-order valence-corrected chi connectivity index (χ0v) is 19.4. The molecule has 0 N–H and O–H groups in total. The number of fused-ring (bicyclic) bond motifs is 1. The van der Waals surface area contributed by atoms with E-state index in [1.807, 2.05) is 42.0 Å². The van der Waals surface area contributed by atoms with Gasteiger partial charge in [0.2, 0.25) is 0 Å². The fraction of sp³-hybridized carbons (Fsp3) is 0.296. The molecule has 0 amide bonds. The summed E-state index contributed by atoms with van der Waals surface area (Å²) < 4.78 is 9.68. The molecule has 0 fully saturated rings. The maximum absolute atomic E-state index is 5.63. The third kappa shape index (κ3) is 4.60. The minimum absolute atomic E-state index is 0.497. The first-order chi connectivity index (χ1) is 16.1. The molecule has 3 heterocycles. The molecule has 6 nitrogen and oxygen atoms in total. The fourth-order valence-electron chi connectivity index (χ4n) is 4.46. The number of hydrogen-bond donors (Lipinski definition) is 0. The van der Waals surface area contributed by atoms with Gasteiger partial charge in [0.1, 0.15) is 11.6 Å². The Balaban J connectivity index is 1.35. The van der Waals surface area contributed by atoms with E-state index in [0.717, 1.165) is 53.7 Å². The highest BCUT2D eigenvalue weighted by molar-refractivity contribution is 5.69. The molecule has 33 heavy (non-hydrogen) atoms. The number of ether oxygens (including phenoxy) is 1. The lowest BCUT2D eigenvalue weighted by atomic mass is 9.91. The Labute approximate surface area is 194 Å². The van der Waals surface area contributed by atoms with E-state index in [1.54, 1.807) is 13.4 Å². The van der Waals surface area contributed by atoms with E-state index in [2.05, 4.69) is 46.9 Å². The monoisotopic (exact) mass is 439 g/mol. The fourth-order valence-corrected chi connectivity index (χ4v) is 4.46. The second-order valence-electron chi connectivity index (χ2n) is 8.75. The van der Waals surface area contributed by atoms with Crippen molar-refractivity contribution in [1.29, 1.82) is 0 Å². The first kappa shape index (κ1) is 21.2. The molecule has 0 saturated carbocycles. The van der Waals surface area contributed by atoms with E-state index in [-0.39, 0.29) is 0 Å². The van der Waals surface area contributed by atoms with Crippen LogP contribution in [0.2, 0.25) is 0 Å². The van der Waals surface area contributed by atoms with Gasteiger partial charge in [-0.3, -0.25) is 0 Å². The van der Waals surface area contributed by atoms with Gasteiger partial charge >= 0.3 is 0 Å². The van der Waals surface area contributed by atoms with Gasteiger partial charge in [0.25, 0.3) is 0 Å². The highest BCUT2D eigenvalue weighted by Crippen LogP contribution is 2.29. The molecule has 1 unspecified atom stereocenters. The first-order valence-electron chi connectivity index (χ1n) is 11.5. The molecule has 0 radical (unpaired) electrons. The predicted octanol–water partition coefficient (Wildman–Crippen LogP) is 5.38. The van der Waals surface area contributed by atoms with Gasteiger partial charge < -0.3 is 9.30 Å². The van der Waals surface area contributed by atoms with Crippen molar-refractivity contribution in [3.8, 4) is 11.4 Å². The average molecular weight is 440 g/mol. The van der Waals surface area contributed by atoms with Gasteiger partial charge in [-0.25, -0.2) is 14.6 Å². The smallest absolute Gasteiger partial charge is 0.174 e. The van der Waals surface area contributed by atoms with Crippen LogP contribution in [-0.4, -0.2) is 31.4 Å². The van der Waals surface area contributed by atoms with Crippen molar-refractivity contribution in [1.82, 2.24) is 24.3 Å². The summed E-state index contributed by atoms with van der Waals surface area (Å²) in [4.78, 5) is 9.16. The van der Waals surface area contributed by atoms with E-state index in [9.17, 15) is 0 Å². The maximum atomic E-state index is 5.63. The quantitative estimate of drug-likeness (QED) is 0.419. The lowest BCUT2D eigenvalue weighted by molar-refractivity contribution is 0.413. The Morgan fingerprint density at radius 3 is 2.67 bits per heavy atom. The second-order valence-corrected chi connectivity index (χ2v) is 8.75. The minimum Gasteiger partial charge on any atom is -0.495 e. The average Bonchev–Trinajstić information content (AvgIpc) is 3.38. The summed E-state index contributed by atoms with van der Waals surface area (Å²) in [5.74, 6) is 3.12. The van der Waals surface area contributed by atoms with Crippen LogP contribution in [0.15, 0.2) is 55.0 Å². The minimum atomic E-state index is 0.497. The van der Waals surface area contributed by atoms with E-state index >= 15 is 0 Å². The van der Waals surface area contributed by atoms with Crippen molar-refractivity contribution in [3.63, 3.8) is 0 Å². The van der Waals surface area contributed by atoms with Crippen LogP contribution in [0.1, 0.15) is 52.8 Å². The van der Waals surface area contributed by atoms with E-state index in [1.165, 1.54) is 17.5 Å². The molecule has 1 aliphatic heterocycles. The van der Waals surface area contributed by atoms with Crippen molar-refractivity contribution < 1.29 is 4.74 Å². The standard InChI is InChI=1S/C27H29N5O/c1-19-6-10-22(11-7-19)23-5-4-14-32-27(16-23)29-26(30-32)13-9-21-8-12-24(25(15-21)33-3)31-17-20(2)28-18-31/h6-13,15,17-18,23H,4-5,14,16H2,1-3H3/b13-9+. The van der Waals surface area contributed by atoms with Gasteiger partial charge in [0, 0.05) is 19.2 Å². The van der Waals surface area contributed by atoms with Crippen LogP contribution in [0.25, 0.3) is 17.8 Å². The molecule has 2 aromatic carbocycles. The predicted molar refractivity (Wildman–Crippen MR) is 131 cm³/mol. The highest BCUT2D eigenvalue weighted by atomic mass is 16.5. The van der Waals surface area contributed by atoms with Gasteiger partial charge in [0.15, 0.2) is 5.82 Å². The summed E-state index contributed by atoms with van der Waals surface area (Å²) in [5.41, 5.74) is 5.66. The van der Waals surface area contributed by atoms with Crippen LogP contribution < -0.4 is 4.74 Å². The molecule has 168 valence electrons. The largest absolute Gasteiger partial charge is 0.495 e. The summed E-state index contributed by atoms with van der Waals surface area (Å²) >= 11 is 0. The molecule has 0 spiro atoms. The lowest BCUT2D eigenvalue weighted by Gasteiger charge is -2.13. The van der Waals surface area contributed by atoms with Crippen LogP contribution in [-0.2, 0) is 13.0 Å². The van der Waals surface area contributed by atoms with Crippen molar-refractivity contribution in [3.05, 3.63) is 89.0 Å². The molecular formula is C27H29N5O. The van der Waals surface area contributed by atoms with Crippen molar-refractivity contribution in [2.24, 2.45) is 0 Å². The van der Waals surface area contributed by atoms with Crippen LogP contribution in [0.3, 0.4) is 0 Å². The summed E-state index contributed by atoms with van der Waals surface area (Å²) in [6, 6.07) is 15.1. The Morgan fingerprint density at radius 2 is 1.91 bits per heavy atom. The van der Waals surface area contributed by atoms with Crippen molar-refractivity contribution in [2.75, 3.05) is 7.11 Å². The SMILES string of the molecule is COc1cc(/C=C/c2nc3n(n2)CCCC(c2ccc(C)cc2)C3)ccc1-n1cnc(C)c1. The molecule has 6 heteroatoms. The van der Waals surface area contributed by atoms with Crippen molar-refractivity contribution in [2.45, 2.75) is 45.6 Å². The van der Waals surface area contributed by atoms with Gasteiger partial charge in [-0.15, -0.1) is 0 Å². The number of methoxy groups -OCH3 is 1. The number of rotatable bonds is 5. The number of aryl methyl sites for hydroxylation is 3. The second kappa shape index (κ2) is 9.06. The number of nitrogens with zero attached hydrogens (tertiary/aromatic N) is 5. The highest BCUT2D eigenvalue weighted by Gasteiger charge is 2.21. The van der Waals surface area contributed by atoms with Gasteiger partial charge in [-0.2, -0.15) is 5.10 Å². The molecule has 1 atom stereocenters. The van der Waals surface area contributed by atoms with Crippen LogP contribution in [0.5, 0.6) is 5.75 Å². The topological polar surface area (TPSA) is 57.8 Å². The van der Waals surface area contributed by atoms with E-state index < -0.39 is 0 Å². The summed E-state index contributed by atoms with van der Waals surface area (Å²) in [7, 11) is 1.69. The van der Waals surface area contributed by atoms with Crippen LogP contribution in [0.4, 0.5) is 0 Å². The molecule has 4 aromatic rings. The number of hydrogen-bond acceptors (Lipinski definition) is 4. The molecule has 2 aromatic heterocycles. The Morgan fingerprint density at radius 1 is 1.06 bits per heavy atom. The normalized spacial score (nSPS) is 16.0. The molecule has 5 rings (SSSR count). The van der Waals surface area contributed by atoms with Gasteiger partial charge in [0.05, 0.1) is 24.8 Å². The maximum Gasteiger partial charge on any atom is 0.174 e. The Hall–Kier alpha value is -3.67. The molecular weight excluding hydrogens is 410 g/mol. The summed E-state index contributed by atoms with van der Waals surface area (Å²) in [6.07, 6.45) is 11.0. The third-order valence-corrected chi connectivity index (χ3v) is 6.28. The van der Waals surface area contributed by atoms with E-state index in [4.69, 9.17) is 14.8 Å². The van der Waals surface area contributed by atoms with Crippen LogP contribution >= 0.6 is 0 Å². The van der Waals surface area contributed by atoms with Gasteiger partial charge in [-0.05, 0) is 61.9 Å². The Kier molecular flexibility index (Phi) is 5.82. The molecule has 1 aliphatic rings. The molecule has 0 bridgehead atoms. The zero-order chi connectivity index (χ0) is 22.8. The molecule has 0 aliphatic carbocycles. The van der Waals surface area contributed by atoms with E-state index in [0.29, 0.717) is 5.92 Å². The molecule has 0 saturated heterocycles. The third-order valence-electron chi connectivity index (χ3n) is 6.28. The Bertz CT molecular complexity index is 1280. The number of benzene rings is 2. The lowest BCUT2D eigenvalue weighted by Crippen LogP contribution is -2.05. The summed E-state index contributed by atoms with van der Waals surface area (Å²) in [6.45, 7) is 5.03. The number of imidazole rings is 1. The van der Waals surface area contributed by atoms with Gasteiger partial charge in [-0.1, -0.05) is 42.0 Å².